The Morgan fingerprint density at radius 3 is 2.93 bits per heavy atom. The van der Waals surface area contributed by atoms with Gasteiger partial charge in [-0.1, -0.05) is 19.9 Å². The minimum absolute atomic E-state index is 0.113. The van der Waals surface area contributed by atoms with Crippen molar-refractivity contribution >= 4 is 5.91 Å². The predicted molar refractivity (Wildman–Crippen MR) is 56.8 cm³/mol. The summed E-state index contributed by atoms with van der Waals surface area (Å²) in [7, 11) is 0. The highest BCUT2D eigenvalue weighted by Crippen LogP contribution is 2.52. The van der Waals surface area contributed by atoms with Crippen molar-refractivity contribution in [3.63, 3.8) is 0 Å². The molecule has 14 heavy (non-hydrogen) atoms. The third kappa shape index (κ3) is 1.47. The van der Waals surface area contributed by atoms with Gasteiger partial charge in [0.2, 0.25) is 5.91 Å². The Labute approximate surface area is 86.0 Å². The summed E-state index contributed by atoms with van der Waals surface area (Å²) in [5, 5.41) is 0. The van der Waals surface area contributed by atoms with Crippen LogP contribution in [0.15, 0.2) is 12.7 Å². The molecular formula is C12H19NO. The Hall–Kier alpha value is -0.790. The van der Waals surface area contributed by atoms with Gasteiger partial charge in [-0.05, 0) is 36.7 Å². The molecule has 1 aliphatic heterocycles. The molecule has 0 bridgehead atoms. The van der Waals surface area contributed by atoms with E-state index in [1.165, 1.54) is 31.8 Å². The lowest BCUT2D eigenvalue weighted by atomic mass is 9.61. The van der Waals surface area contributed by atoms with E-state index in [2.05, 4.69) is 13.5 Å². The maximum absolute atomic E-state index is 11.4. The Morgan fingerprint density at radius 2 is 2.36 bits per heavy atom. The van der Waals surface area contributed by atoms with E-state index < -0.39 is 0 Å². The molecule has 2 heteroatoms. The van der Waals surface area contributed by atoms with Crippen LogP contribution in [0.1, 0.15) is 32.6 Å². The molecule has 0 unspecified atom stereocenters. The van der Waals surface area contributed by atoms with Crippen molar-refractivity contribution in [2.45, 2.75) is 32.6 Å². The molecule has 0 aromatic heterocycles. The molecule has 0 aromatic carbocycles. The van der Waals surface area contributed by atoms with Gasteiger partial charge in [-0.25, -0.2) is 0 Å². The van der Waals surface area contributed by atoms with Crippen molar-refractivity contribution in [3.8, 4) is 0 Å². The molecule has 0 atom stereocenters. The zero-order valence-corrected chi connectivity index (χ0v) is 8.96. The summed E-state index contributed by atoms with van der Waals surface area (Å²) < 4.78 is 0. The summed E-state index contributed by atoms with van der Waals surface area (Å²) >= 11 is 0. The van der Waals surface area contributed by atoms with Crippen molar-refractivity contribution in [1.82, 2.24) is 4.90 Å². The van der Waals surface area contributed by atoms with Crippen LogP contribution in [0.4, 0.5) is 0 Å². The maximum atomic E-state index is 11.4. The molecule has 0 N–H and O–H groups in total. The molecule has 1 amide bonds. The van der Waals surface area contributed by atoms with Gasteiger partial charge < -0.3 is 4.90 Å². The molecular weight excluding hydrogens is 174 g/mol. The van der Waals surface area contributed by atoms with Crippen LogP contribution in [0, 0.1) is 11.3 Å². The van der Waals surface area contributed by atoms with Crippen molar-refractivity contribution in [1.29, 1.82) is 0 Å². The fourth-order valence-corrected chi connectivity index (χ4v) is 3.04. The molecule has 0 aromatic rings. The Balaban J connectivity index is 1.90. The van der Waals surface area contributed by atoms with Crippen molar-refractivity contribution < 1.29 is 4.79 Å². The molecule has 2 rings (SSSR count). The van der Waals surface area contributed by atoms with Crippen LogP contribution in [-0.4, -0.2) is 23.9 Å². The number of carbonyl (C=O) groups is 1. The van der Waals surface area contributed by atoms with Crippen LogP contribution in [0.5, 0.6) is 0 Å². The molecule has 2 aliphatic rings. The molecule has 1 aliphatic carbocycles. The van der Waals surface area contributed by atoms with E-state index >= 15 is 0 Å². The van der Waals surface area contributed by atoms with Crippen molar-refractivity contribution in [3.05, 3.63) is 12.7 Å². The third-order valence-corrected chi connectivity index (χ3v) is 3.95. The lowest BCUT2D eigenvalue weighted by molar-refractivity contribution is -0.125. The Morgan fingerprint density at radius 1 is 1.64 bits per heavy atom. The van der Waals surface area contributed by atoms with Gasteiger partial charge in [0.25, 0.3) is 0 Å². The number of amides is 1. The van der Waals surface area contributed by atoms with E-state index in [0.717, 1.165) is 19.0 Å². The third-order valence-electron chi connectivity index (χ3n) is 3.95. The van der Waals surface area contributed by atoms with E-state index in [0.29, 0.717) is 5.41 Å². The minimum Gasteiger partial charge on any atom is -0.339 e. The topological polar surface area (TPSA) is 20.3 Å². The lowest BCUT2D eigenvalue weighted by Crippen LogP contribution is -2.40. The van der Waals surface area contributed by atoms with Gasteiger partial charge in [0.05, 0.1) is 0 Å². The molecule has 78 valence electrons. The standard InChI is InChI=1S/C12H19NO/c1-3-10-7-12(8-10)5-6-13(9-12)11(14)4-2/h4,10H,2-3,5-9H2,1H3/t10-,12-. The van der Waals surface area contributed by atoms with Crippen LogP contribution in [0.2, 0.25) is 0 Å². The van der Waals surface area contributed by atoms with Gasteiger partial charge in [0.1, 0.15) is 0 Å². The van der Waals surface area contributed by atoms with Crippen LogP contribution >= 0.6 is 0 Å². The number of hydrogen-bond donors (Lipinski definition) is 0. The summed E-state index contributed by atoms with van der Waals surface area (Å²) in [6.07, 6.45) is 6.63. The van der Waals surface area contributed by atoms with Crippen LogP contribution in [-0.2, 0) is 4.79 Å². The summed E-state index contributed by atoms with van der Waals surface area (Å²) in [4.78, 5) is 13.4. The average Bonchev–Trinajstić information content (AvgIpc) is 2.58. The van der Waals surface area contributed by atoms with Crippen molar-refractivity contribution in [2.24, 2.45) is 11.3 Å². The minimum atomic E-state index is 0.113. The molecule has 1 saturated heterocycles. The molecule has 2 nitrogen and oxygen atoms in total. The van der Waals surface area contributed by atoms with Crippen LogP contribution < -0.4 is 0 Å². The van der Waals surface area contributed by atoms with Gasteiger partial charge in [-0.3, -0.25) is 4.79 Å². The first-order valence-electron chi connectivity index (χ1n) is 5.60. The highest BCUT2D eigenvalue weighted by molar-refractivity contribution is 5.87. The Bertz CT molecular complexity index is 253. The van der Waals surface area contributed by atoms with Crippen molar-refractivity contribution in [2.75, 3.05) is 13.1 Å². The monoisotopic (exact) mass is 193 g/mol. The van der Waals surface area contributed by atoms with Gasteiger partial charge >= 0.3 is 0 Å². The Kier molecular flexibility index (Phi) is 2.38. The summed E-state index contributed by atoms with van der Waals surface area (Å²) in [5.41, 5.74) is 0.499. The molecule has 1 heterocycles. The first-order valence-corrected chi connectivity index (χ1v) is 5.60. The molecule has 2 fully saturated rings. The second-order valence-electron chi connectivity index (χ2n) is 4.90. The van der Waals surface area contributed by atoms with Gasteiger partial charge in [-0.15, -0.1) is 0 Å². The van der Waals surface area contributed by atoms with E-state index in [1.807, 2.05) is 4.90 Å². The van der Waals surface area contributed by atoms with E-state index in [4.69, 9.17) is 0 Å². The fourth-order valence-electron chi connectivity index (χ4n) is 3.04. The van der Waals surface area contributed by atoms with E-state index in [9.17, 15) is 4.79 Å². The van der Waals surface area contributed by atoms with E-state index in [-0.39, 0.29) is 5.91 Å². The first kappa shape index (κ1) is 9.75. The largest absolute Gasteiger partial charge is 0.339 e. The average molecular weight is 193 g/mol. The lowest BCUT2D eigenvalue weighted by Gasteiger charge is -2.45. The number of nitrogens with zero attached hydrogens (tertiary/aromatic N) is 1. The number of likely N-dealkylation sites (tertiary alicyclic amines) is 1. The van der Waals surface area contributed by atoms with E-state index in [1.54, 1.807) is 0 Å². The summed E-state index contributed by atoms with van der Waals surface area (Å²) in [6.45, 7) is 7.73. The summed E-state index contributed by atoms with van der Waals surface area (Å²) in [5.74, 6) is 1.04. The second-order valence-corrected chi connectivity index (χ2v) is 4.90. The first-order chi connectivity index (χ1) is 6.69. The van der Waals surface area contributed by atoms with Gasteiger partial charge in [0, 0.05) is 13.1 Å². The quantitative estimate of drug-likeness (QED) is 0.616. The highest BCUT2D eigenvalue weighted by Gasteiger charge is 2.48. The highest BCUT2D eigenvalue weighted by atomic mass is 16.2. The van der Waals surface area contributed by atoms with Gasteiger partial charge in [0.15, 0.2) is 0 Å². The predicted octanol–water partition coefficient (Wildman–Crippen LogP) is 2.21. The number of carbonyl (C=O) groups excluding carboxylic acids is 1. The zero-order chi connectivity index (χ0) is 10.2. The molecule has 0 radical (unpaired) electrons. The SMILES string of the molecule is C=CC(=O)N1CC[C@]2(C1)C[C@H](CC)C2. The number of hydrogen-bond acceptors (Lipinski definition) is 1. The zero-order valence-electron chi connectivity index (χ0n) is 8.96. The number of rotatable bonds is 2. The molecule has 1 spiro atoms. The fraction of sp³-hybridized carbons (Fsp3) is 0.750. The molecule has 1 saturated carbocycles. The second kappa shape index (κ2) is 3.41. The summed E-state index contributed by atoms with van der Waals surface area (Å²) in [6, 6.07) is 0. The van der Waals surface area contributed by atoms with Crippen LogP contribution in [0.3, 0.4) is 0 Å². The maximum Gasteiger partial charge on any atom is 0.245 e. The normalized spacial score (nSPS) is 35.8. The van der Waals surface area contributed by atoms with Gasteiger partial charge in [-0.2, -0.15) is 0 Å². The van der Waals surface area contributed by atoms with Crippen LogP contribution in [0.25, 0.3) is 0 Å². The smallest absolute Gasteiger partial charge is 0.245 e.